The lowest BCUT2D eigenvalue weighted by atomic mass is 9.60. The van der Waals surface area contributed by atoms with Gasteiger partial charge >= 0.3 is 0 Å². The highest BCUT2D eigenvalue weighted by atomic mass is 16.3. The number of carbonyl (C=O) groups excluding carboxylic acids is 1. The average molecular weight is 417 g/mol. The van der Waals surface area contributed by atoms with Crippen LogP contribution in [0, 0.1) is 29.1 Å². The number of fused-ring (bicyclic) bond motifs is 1. The number of hydrogen-bond donors (Lipinski definition) is 2. The molecule has 0 saturated heterocycles. The number of Topliss-reactive ketones (excluding diaryl/α,β-unsaturated/α-hetero) is 1. The van der Waals surface area contributed by atoms with Gasteiger partial charge in [-0.1, -0.05) is 38.2 Å². The highest BCUT2D eigenvalue weighted by Gasteiger charge is 2.50. The van der Waals surface area contributed by atoms with Crippen molar-refractivity contribution < 1.29 is 20.5 Å². The molecule has 4 aliphatic rings. The molecule has 0 spiro atoms. The highest BCUT2D eigenvalue weighted by Crippen LogP contribution is 2.60. The van der Waals surface area contributed by atoms with Crippen molar-refractivity contribution in [3.8, 4) is 0 Å². The number of carbonyl (C=O) groups is 1. The van der Waals surface area contributed by atoms with Gasteiger partial charge < -0.3 is 10.2 Å². The van der Waals surface area contributed by atoms with Crippen LogP contribution < -0.4 is 0 Å². The predicted molar refractivity (Wildman–Crippen MR) is 121 cm³/mol. The van der Waals surface area contributed by atoms with Crippen LogP contribution in [0.3, 0.4) is 0 Å². The van der Waals surface area contributed by atoms with Gasteiger partial charge in [-0.3, -0.25) is 4.79 Å². The van der Waals surface area contributed by atoms with E-state index in [4.69, 9.17) is 5.48 Å². The first-order valence-electron chi connectivity index (χ1n) is 13.8. The minimum absolute atomic E-state index is 0.163. The van der Waals surface area contributed by atoms with Crippen LogP contribution in [-0.2, 0) is 4.79 Å². The molecule has 4 fully saturated rings. The Bertz CT molecular complexity index is 894. The van der Waals surface area contributed by atoms with Gasteiger partial charge in [0, 0.05) is 24.2 Å². The third kappa shape index (κ3) is 4.39. The number of allylic oxidation sites excluding steroid dienone is 3. The van der Waals surface area contributed by atoms with E-state index in [1.807, 2.05) is 0 Å². The highest BCUT2D eigenvalue weighted by molar-refractivity contribution is 5.83. The van der Waals surface area contributed by atoms with E-state index in [9.17, 15) is 15.0 Å². The second-order valence-corrected chi connectivity index (χ2v) is 10.4. The average Bonchev–Trinajstić information content (AvgIpc) is 3.00. The first kappa shape index (κ1) is 17.4. The summed E-state index contributed by atoms with van der Waals surface area (Å²) in [6.45, 7) is 8.62. The molecule has 0 aliphatic heterocycles. The molecule has 6 atom stereocenters. The van der Waals surface area contributed by atoms with E-state index in [0.29, 0.717) is 42.6 Å². The lowest BCUT2D eigenvalue weighted by Gasteiger charge is -2.44. The number of aliphatic hydroxyl groups excluding tert-OH is 2. The van der Waals surface area contributed by atoms with Gasteiger partial charge in [-0.05, 0) is 92.0 Å². The molecule has 0 bridgehead atoms. The Balaban J connectivity index is 1.42. The summed E-state index contributed by atoms with van der Waals surface area (Å²) in [7, 11) is 0. The Labute approximate surface area is 188 Å². The molecule has 2 N–H and O–H groups in total. The minimum atomic E-state index is -2.02. The molecule has 0 amide bonds. The van der Waals surface area contributed by atoms with Gasteiger partial charge in [-0.15, -0.1) is 0 Å². The first-order chi connectivity index (χ1) is 15.8. The zero-order chi connectivity index (χ0) is 25.1. The zero-order valence-electron chi connectivity index (χ0n) is 22.5. The van der Waals surface area contributed by atoms with Gasteiger partial charge in [0.2, 0.25) is 0 Å². The van der Waals surface area contributed by atoms with Gasteiger partial charge in [0.1, 0.15) is 5.78 Å². The van der Waals surface area contributed by atoms with Gasteiger partial charge in [0.25, 0.3) is 0 Å². The fraction of sp³-hybridized carbons (Fsp3) is 0.741. The maximum Gasteiger partial charge on any atom is 0.135 e. The third-order valence-electron chi connectivity index (χ3n) is 8.45. The Hall–Kier alpha value is -1.19. The fourth-order valence-electron chi connectivity index (χ4n) is 6.60. The van der Waals surface area contributed by atoms with Gasteiger partial charge in [0.05, 0.1) is 12.2 Å². The number of ketones is 1. The summed E-state index contributed by atoms with van der Waals surface area (Å²) >= 11 is 0. The molecule has 166 valence electrons. The monoisotopic (exact) mass is 416 g/mol. The molecule has 3 heteroatoms. The molecule has 0 unspecified atom stereocenters. The van der Waals surface area contributed by atoms with E-state index in [1.165, 1.54) is 5.57 Å². The summed E-state index contributed by atoms with van der Waals surface area (Å²) in [5.74, 6) is -0.0738. The van der Waals surface area contributed by atoms with Crippen LogP contribution >= 0.6 is 0 Å². The van der Waals surface area contributed by atoms with Crippen LogP contribution in [0.1, 0.15) is 89.9 Å². The molecule has 3 nitrogen and oxygen atoms in total. The molecule has 0 aromatic rings. The Morgan fingerprint density at radius 2 is 2.10 bits per heavy atom. The van der Waals surface area contributed by atoms with Crippen molar-refractivity contribution in [2.45, 2.75) is 96.6 Å². The van der Waals surface area contributed by atoms with Crippen molar-refractivity contribution in [1.82, 2.24) is 0 Å². The number of aliphatic hydroxyl groups is 2. The van der Waals surface area contributed by atoms with Crippen LogP contribution in [0.5, 0.6) is 0 Å². The second kappa shape index (κ2) is 8.74. The quantitative estimate of drug-likeness (QED) is 0.599. The van der Waals surface area contributed by atoms with Crippen LogP contribution in [0.15, 0.2) is 35.5 Å². The van der Waals surface area contributed by atoms with Crippen LogP contribution in [-0.4, -0.2) is 28.2 Å². The summed E-state index contributed by atoms with van der Waals surface area (Å²) in [4.78, 5) is 12.5. The Kier molecular flexibility index (Phi) is 5.06. The van der Waals surface area contributed by atoms with Crippen molar-refractivity contribution in [2.75, 3.05) is 0 Å². The van der Waals surface area contributed by atoms with Gasteiger partial charge in [-0.2, -0.15) is 0 Å². The standard InChI is InChI=1S/C27H40O3/c1-17(6-13-25(29)20-8-9-20)23-11-12-24-19(5-4-14-27(23,24)3)7-10-21-15-22(28)16-26(30)18(21)2/h7,10,17,20,22-24,26,28,30H,2,4-6,8-9,11-16H2,1,3H3/b19-7+,21-10-/t17-,22-,23-,24+,26+,27-/m1/s1/i8D2,9D2. The maximum absolute atomic E-state index is 12.5. The van der Waals surface area contributed by atoms with E-state index in [-0.39, 0.29) is 17.6 Å². The second-order valence-electron chi connectivity index (χ2n) is 10.4. The lowest BCUT2D eigenvalue weighted by Crippen LogP contribution is -2.36. The van der Waals surface area contributed by atoms with E-state index < -0.39 is 30.9 Å². The van der Waals surface area contributed by atoms with Gasteiger partial charge in [0.15, 0.2) is 0 Å². The molecule has 4 rings (SSSR count). The molecule has 0 heterocycles. The largest absolute Gasteiger partial charge is 0.393 e. The molecular formula is C27H40O3. The van der Waals surface area contributed by atoms with Crippen molar-refractivity contribution in [2.24, 2.45) is 29.1 Å². The van der Waals surface area contributed by atoms with Gasteiger partial charge in [-0.25, -0.2) is 0 Å². The van der Waals surface area contributed by atoms with Crippen LogP contribution in [0.2, 0.25) is 0 Å². The number of rotatable bonds is 6. The lowest BCUT2D eigenvalue weighted by molar-refractivity contribution is -0.120. The van der Waals surface area contributed by atoms with E-state index in [1.54, 1.807) is 0 Å². The summed E-state index contributed by atoms with van der Waals surface area (Å²) in [5.41, 5.74) is 3.25. The molecule has 4 saturated carbocycles. The minimum Gasteiger partial charge on any atom is -0.393 e. The first-order valence-corrected chi connectivity index (χ1v) is 11.8. The molecular weight excluding hydrogens is 372 g/mol. The third-order valence-corrected chi connectivity index (χ3v) is 8.45. The molecule has 4 aliphatic carbocycles. The van der Waals surface area contributed by atoms with Crippen molar-refractivity contribution >= 4 is 5.78 Å². The molecule has 30 heavy (non-hydrogen) atoms. The van der Waals surface area contributed by atoms with Crippen molar-refractivity contribution in [1.29, 1.82) is 0 Å². The molecule has 0 aromatic heterocycles. The van der Waals surface area contributed by atoms with E-state index in [2.05, 4.69) is 32.6 Å². The van der Waals surface area contributed by atoms with Crippen LogP contribution in [0.25, 0.3) is 0 Å². The smallest absolute Gasteiger partial charge is 0.135 e. The van der Waals surface area contributed by atoms with Crippen molar-refractivity contribution in [3.63, 3.8) is 0 Å². The van der Waals surface area contributed by atoms with Crippen LogP contribution in [0.4, 0.5) is 0 Å². The fourth-order valence-corrected chi connectivity index (χ4v) is 6.60. The maximum atomic E-state index is 12.5. The summed E-state index contributed by atoms with van der Waals surface area (Å²) < 4.78 is 31.0. The van der Waals surface area contributed by atoms with Crippen molar-refractivity contribution in [3.05, 3.63) is 35.5 Å². The Morgan fingerprint density at radius 3 is 2.83 bits per heavy atom. The normalized spacial score (nSPS) is 45.9. The topological polar surface area (TPSA) is 57.5 Å². The SMILES string of the molecule is [2H]C1([2H])C(C(=O)CC[C@@H](C)[C@H]2CC[C@H]3/C(=C/C=C4/C[C@@H](O)C[C@H](O)C4=C)CCC[C@]23C)C1([2H])[2H]. The molecule has 0 radical (unpaired) electrons. The van der Waals surface area contributed by atoms with E-state index in [0.717, 1.165) is 37.7 Å². The Morgan fingerprint density at radius 1 is 1.33 bits per heavy atom. The summed E-state index contributed by atoms with van der Waals surface area (Å²) in [6, 6.07) is 0. The number of hydrogen-bond acceptors (Lipinski definition) is 3. The summed E-state index contributed by atoms with van der Waals surface area (Å²) in [6.07, 6.45) is 6.42. The summed E-state index contributed by atoms with van der Waals surface area (Å²) in [5, 5.41) is 20.2. The predicted octanol–water partition coefficient (Wildman–Crippen LogP) is 5.52. The molecule has 0 aromatic carbocycles. The van der Waals surface area contributed by atoms with E-state index >= 15 is 0 Å². The zero-order valence-corrected chi connectivity index (χ0v) is 18.5.